The van der Waals surface area contributed by atoms with Gasteiger partial charge in [-0.05, 0) is 51.2 Å². The minimum Gasteiger partial charge on any atom is -0.355 e. The van der Waals surface area contributed by atoms with Gasteiger partial charge in [-0.15, -0.1) is 10.2 Å². The number of carbonyl (C=O) groups is 1. The van der Waals surface area contributed by atoms with Crippen molar-refractivity contribution in [2.24, 2.45) is 0 Å². The Bertz CT molecular complexity index is 773. The Morgan fingerprint density at radius 3 is 2.88 bits per heavy atom. The third-order valence-electron chi connectivity index (χ3n) is 4.38. The number of thioether (sulfide) groups is 1. The first kappa shape index (κ1) is 18.4. The molecule has 0 aromatic carbocycles. The van der Waals surface area contributed by atoms with Gasteiger partial charge in [0.05, 0.1) is 5.25 Å². The number of nitrogens with zero attached hydrogens (tertiary/aromatic N) is 4. The highest BCUT2D eigenvalue weighted by molar-refractivity contribution is 8.00. The van der Waals surface area contributed by atoms with Gasteiger partial charge in [0.25, 0.3) is 0 Å². The minimum absolute atomic E-state index is 0.0140. The summed E-state index contributed by atoms with van der Waals surface area (Å²) in [6, 6.07) is 3.63. The van der Waals surface area contributed by atoms with Crippen LogP contribution in [0, 0.1) is 0 Å². The lowest BCUT2D eigenvalue weighted by molar-refractivity contribution is -0.120. The highest BCUT2D eigenvalue weighted by atomic mass is 32.2. The molecule has 26 heavy (non-hydrogen) atoms. The van der Waals surface area contributed by atoms with Crippen molar-refractivity contribution in [2.45, 2.75) is 49.4 Å². The Kier molecular flexibility index (Phi) is 6.27. The van der Waals surface area contributed by atoms with Gasteiger partial charge >= 0.3 is 0 Å². The quantitative estimate of drug-likeness (QED) is 0.440. The number of carbonyl (C=O) groups excluding carboxylic acids is 1. The molecule has 0 saturated heterocycles. The summed E-state index contributed by atoms with van der Waals surface area (Å²) in [5.41, 5.74) is 2.29. The van der Waals surface area contributed by atoms with E-state index in [1.807, 2.05) is 19.1 Å². The zero-order valence-corrected chi connectivity index (χ0v) is 15.7. The van der Waals surface area contributed by atoms with Crippen LogP contribution in [0.15, 0.2) is 41.3 Å². The lowest BCUT2D eigenvalue weighted by Gasteiger charge is -2.14. The summed E-state index contributed by atoms with van der Waals surface area (Å²) in [7, 11) is 0. The zero-order chi connectivity index (χ0) is 18.4. The number of aromatic nitrogens is 4. The summed E-state index contributed by atoms with van der Waals surface area (Å²) < 4.78 is 1.41. The number of pyridine rings is 1. The van der Waals surface area contributed by atoms with Gasteiger partial charge in [0, 0.05) is 24.5 Å². The fraction of sp³-hybridized carbons (Fsp3) is 0.444. The molecule has 1 aliphatic rings. The van der Waals surface area contributed by atoms with Crippen LogP contribution >= 0.6 is 11.8 Å². The van der Waals surface area contributed by atoms with E-state index in [-0.39, 0.29) is 11.2 Å². The number of hydrogen-bond donors (Lipinski definition) is 2. The summed E-state index contributed by atoms with van der Waals surface area (Å²) >= 11 is 1.30. The number of hydrogen-bond acceptors (Lipinski definition) is 6. The molecule has 0 unspecified atom stereocenters. The normalized spacial score (nSPS) is 15.3. The smallest absolute Gasteiger partial charge is 0.233 e. The molecule has 0 spiro atoms. The molecule has 3 N–H and O–H groups in total. The monoisotopic (exact) mass is 372 g/mol. The number of rotatable bonds is 7. The predicted molar refractivity (Wildman–Crippen MR) is 103 cm³/mol. The largest absolute Gasteiger partial charge is 0.355 e. The third kappa shape index (κ3) is 4.63. The second kappa shape index (κ2) is 8.84. The fourth-order valence-corrected chi connectivity index (χ4v) is 3.68. The number of nitrogen functional groups attached to an aromatic ring is 1. The van der Waals surface area contributed by atoms with Gasteiger partial charge in [-0.3, -0.25) is 9.78 Å². The van der Waals surface area contributed by atoms with Crippen molar-refractivity contribution in [3.8, 4) is 11.4 Å². The van der Waals surface area contributed by atoms with E-state index >= 15 is 0 Å². The molecule has 1 aliphatic carbocycles. The van der Waals surface area contributed by atoms with Crippen molar-refractivity contribution in [1.82, 2.24) is 25.2 Å². The maximum atomic E-state index is 12.3. The Morgan fingerprint density at radius 1 is 1.35 bits per heavy atom. The average Bonchev–Trinajstić information content (AvgIpc) is 3.03. The second-order valence-electron chi connectivity index (χ2n) is 6.32. The van der Waals surface area contributed by atoms with E-state index in [2.05, 4.69) is 26.6 Å². The highest BCUT2D eigenvalue weighted by Gasteiger charge is 2.19. The Labute approximate surface area is 157 Å². The summed E-state index contributed by atoms with van der Waals surface area (Å²) in [6.45, 7) is 2.52. The molecule has 8 heteroatoms. The third-order valence-corrected chi connectivity index (χ3v) is 5.44. The van der Waals surface area contributed by atoms with Crippen LogP contribution in [0.3, 0.4) is 0 Å². The maximum Gasteiger partial charge on any atom is 0.233 e. The Morgan fingerprint density at radius 2 is 2.15 bits per heavy atom. The summed E-state index contributed by atoms with van der Waals surface area (Å²) in [5.74, 6) is 6.63. The predicted octanol–water partition coefficient (Wildman–Crippen LogP) is 2.54. The summed E-state index contributed by atoms with van der Waals surface area (Å²) in [4.78, 5) is 16.3. The van der Waals surface area contributed by atoms with Gasteiger partial charge in [-0.1, -0.05) is 23.4 Å². The number of allylic oxidation sites excluding steroid dienone is 1. The van der Waals surface area contributed by atoms with Gasteiger partial charge in [0.1, 0.15) is 0 Å². The minimum atomic E-state index is -0.299. The molecule has 0 radical (unpaired) electrons. The summed E-state index contributed by atoms with van der Waals surface area (Å²) in [5, 5.41) is 11.4. The molecule has 0 aliphatic heterocycles. The molecule has 2 aromatic rings. The first-order valence-electron chi connectivity index (χ1n) is 8.88. The second-order valence-corrected chi connectivity index (χ2v) is 7.63. The van der Waals surface area contributed by atoms with E-state index in [1.165, 1.54) is 41.3 Å². The number of amides is 1. The van der Waals surface area contributed by atoms with Gasteiger partial charge in [0.15, 0.2) is 5.82 Å². The van der Waals surface area contributed by atoms with Gasteiger partial charge in [0.2, 0.25) is 11.1 Å². The highest BCUT2D eigenvalue weighted by Crippen LogP contribution is 2.24. The molecule has 0 saturated carbocycles. The van der Waals surface area contributed by atoms with E-state index < -0.39 is 0 Å². The standard InChI is InChI=1S/C18H24N6OS/c1-13(17(25)21-12-7-14-5-3-2-4-6-14)26-18-23-22-16(24(18)19)15-8-10-20-11-9-15/h5,8-11,13H,2-4,6-7,12,19H2,1H3,(H,21,25)/t13-/m1/s1. The molecule has 138 valence electrons. The van der Waals surface area contributed by atoms with E-state index in [0.717, 1.165) is 18.4 Å². The van der Waals surface area contributed by atoms with Crippen LogP contribution in [-0.4, -0.2) is 37.6 Å². The lowest BCUT2D eigenvalue weighted by Crippen LogP contribution is -2.32. The fourth-order valence-electron chi connectivity index (χ4n) is 2.89. The molecular formula is C18H24N6OS. The zero-order valence-electron chi connectivity index (χ0n) is 14.9. The van der Waals surface area contributed by atoms with Crippen LogP contribution in [0.25, 0.3) is 11.4 Å². The molecular weight excluding hydrogens is 348 g/mol. The van der Waals surface area contributed by atoms with Gasteiger partial charge < -0.3 is 11.2 Å². The van der Waals surface area contributed by atoms with Crippen LogP contribution in [-0.2, 0) is 4.79 Å². The maximum absolute atomic E-state index is 12.3. The SMILES string of the molecule is C[C@@H](Sc1nnc(-c2ccncc2)n1N)C(=O)NCCC1=CCCCC1. The van der Waals surface area contributed by atoms with Crippen molar-refractivity contribution in [3.63, 3.8) is 0 Å². The van der Waals surface area contributed by atoms with Crippen molar-refractivity contribution in [2.75, 3.05) is 12.4 Å². The summed E-state index contributed by atoms with van der Waals surface area (Å²) in [6.07, 6.45) is 11.5. The molecule has 0 fully saturated rings. The van der Waals surface area contributed by atoms with Crippen molar-refractivity contribution in [1.29, 1.82) is 0 Å². The van der Waals surface area contributed by atoms with Gasteiger partial charge in [-0.2, -0.15) is 0 Å². The van der Waals surface area contributed by atoms with E-state index in [0.29, 0.717) is 17.5 Å². The number of nitrogens with one attached hydrogen (secondary N) is 1. The van der Waals surface area contributed by atoms with Crippen molar-refractivity contribution >= 4 is 17.7 Å². The Balaban J connectivity index is 1.52. The average molecular weight is 372 g/mol. The topological polar surface area (TPSA) is 98.7 Å². The Hall–Kier alpha value is -2.35. The van der Waals surface area contributed by atoms with Crippen molar-refractivity contribution < 1.29 is 4.79 Å². The molecule has 1 amide bonds. The first-order chi connectivity index (χ1) is 12.6. The molecule has 7 nitrogen and oxygen atoms in total. The van der Waals surface area contributed by atoms with E-state index in [9.17, 15) is 4.79 Å². The van der Waals surface area contributed by atoms with E-state index in [1.54, 1.807) is 12.4 Å². The van der Waals surface area contributed by atoms with Crippen LogP contribution in [0.1, 0.15) is 39.0 Å². The molecule has 3 rings (SSSR count). The molecule has 2 aromatic heterocycles. The molecule has 1 atom stereocenters. The lowest BCUT2D eigenvalue weighted by atomic mass is 9.97. The van der Waals surface area contributed by atoms with Crippen LogP contribution in [0.4, 0.5) is 0 Å². The van der Waals surface area contributed by atoms with Crippen molar-refractivity contribution in [3.05, 3.63) is 36.2 Å². The van der Waals surface area contributed by atoms with Crippen LogP contribution in [0.2, 0.25) is 0 Å². The van der Waals surface area contributed by atoms with Crippen LogP contribution < -0.4 is 11.2 Å². The first-order valence-corrected chi connectivity index (χ1v) is 9.76. The van der Waals surface area contributed by atoms with Gasteiger partial charge in [-0.25, -0.2) is 4.68 Å². The van der Waals surface area contributed by atoms with Crippen LogP contribution in [0.5, 0.6) is 0 Å². The molecule has 0 bridgehead atoms. The van der Waals surface area contributed by atoms with E-state index in [4.69, 9.17) is 5.84 Å². The number of nitrogens with two attached hydrogens (primary N) is 1. The molecule has 2 heterocycles.